The summed E-state index contributed by atoms with van der Waals surface area (Å²) in [6.07, 6.45) is -5.95. The summed E-state index contributed by atoms with van der Waals surface area (Å²) in [5.41, 5.74) is 6.74. The second kappa shape index (κ2) is 5.07. The molecule has 3 nitrogen and oxygen atoms in total. The zero-order valence-corrected chi connectivity index (χ0v) is 9.21. The molecule has 6 heteroatoms. The highest BCUT2D eigenvalue weighted by Gasteiger charge is 2.31. The van der Waals surface area contributed by atoms with Crippen LogP contribution in [0.5, 0.6) is 0 Å². The van der Waals surface area contributed by atoms with Crippen LogP contribution in [0.3, 0.4) is 0 Å². The number of alkyl halides is 3. The van der Waals surface area contributed by atoms with Gasteiger partial charge in [-0.1, -0.05) is 12.1 Å². The molecule has 0 aromatic heterocycles. The molecule has 1 aromatic carbocycles. The Hall–Kier alpha value is -1.72. The highest BCUT2D eigenvalue weighted by atomic mass is 19.4. The van der Waals surface area contributed by atoms with Crippen molar-refractivity contribution in [2.24, 2.45) is 0 Å². The third kappa shape index (κ3) is 4.76. The Kier molecular flexibility index (Phi) is 3.98. The molecule has 0 radical (unpaired) electrons. The number of benzene rings is 1. The third-order valence-corrected chi connectivity index (χ3v) is 2.17. The zero-order valence-electron chi connectivity index (χ0n) is 9.21. The third-order valence-electron chi connectivity index (χ3n) is 2.17. The maximum absolute atomic E-state index is 11.9. The highest BCUT2D eigenvalue weighted by Crippen LogP contribution is 2.20. The van der Waals surface area contributed by atoms with E-state index in [0.717, 1.165) is 0 Å². The number of nitrogen functional groups attached to an aromatic ring is 1. The van der Waals surface area contributed by atoms with Crippen LogP contribution < -0.4 is 11.1 Å². The summed E-state index contributed by atoms with van der Waals surface area (Å²) in [6.45, 7) is 1.61. The van der Waals surface area contributed by atoms with E-state index < -0.39 is 24.5 Å². The SMILES string of the molecule is CC(NC(=O)CC(F)(F)F)c1ccc(N)cc1. The van der Waals surface area contributed by atoms with Crippen LogP contribution in [0.25, 0.3) is 0 Å². The summed E-state index contributed by atoms with van der Waals surface area (Å²) in [5, 5.41) is 2.27. The Morgan fingerprint density at radius 3 is 2.35 bits per heavy atom. The van der Waals surface area contributed by atoms with Gasteiger partial charge in [0.05, 0.1) is 6.04 Å². The molecule has 94 valence electrons. The van der Waals surface area contributed by atoms with Crippen molar-refractivity contribution in [3.63, 3.8) is 0 Å². The van der Waals surface area contributed by atoms with Crippen molar-refractivity contribution in [3.8, 4) is 0 Å². The number of carbonyl (C=O) groups is 1. The van der Waals surface area contributed by atoms with Crippen molar-refractivity contribution < 1.29 is 18.0 Å². The molecule has 1 unspecified atom stereocenters. The van der Waals surface area contributed by atoms with Gasteiger partial charge in [0.15, 0.2) is 0 Å². The zero-order chi connectivity index (χ0) is 13.1. The van der Waals surface area contributed by atoms with Gasteiger partial charge in [0, 0.05) is 5.69 Å². The quantitative estimate of drug-likeness (QED) is 0.804. The number of rotatable bonds is 3. The van der Waals surface area contributed by atoms with Crippen LogP contribution in [0.15, 0.2) is 24.3 Å². The molecule has 1 atom stereocenters. The summed E-state index contributed by atoms with van der Waals surface area (Å²) in [5.74, 6) is -1.04. The largest absolute Gasteiger partial charge is 0.399 e. The van der Waals surface area contributed by atoms with E-state index in [1.54, 1.807) is 31.2 Å². The van der Waals surface area contributed by atoms with Gasteiger partial charge in [-0.15, -0.1) is 0 Å². The molecule has 3 N–H and O–H groups in total. The molecule has 1 aromatic rings. The van der Waals surface area contributed by atoms with Crippen molar-refractivity contribution in [2.75, 3.05) is 5.73 Å². The fourth-order valence-corrected chi connectivity index (χ4v) is 1.34. The molecular weight excluding hydrogens is 233 g/mol. The first-order chi connectivity index (χ1) is 7.78. The Morgan fingerprint density at radius 1 is 1.35 bits per heavy atom. The van der Waals surface area contributed by atoms with Crippen LogP contribution >= 0.6 is 0 Å². The lowest BCUT2D eigenvalue weighted by Gasteiger charge is -2.15. The number of nitrogens with two attached hydrogens (primary N) is 1. The second-order valence-electron chi connectivity index (χ2n) is 3.75. The number of hydrogen-bond acceptors (Lipinski definition) is 2. The van der Waals surface area contributed by atoms with Crippen molar-refractivity contribution in [3.05, 3.63) is 29.8 Å². The Balaban J connectivity index is 2.57. The second-order valence-corrected chi connectivity index (χ2v) is 3.75. The molecule has 0 aliphatic carbocycles. The average Bonchev–Trinajstić information content (AvgIpc) is 2.15. The summed E-state index contributed by atoms with van der Waals surface area (Å²) in [6, 6.07) is 6.09. The molecule has 1 amide bonds. The summed E-state index contributed by atoms with van der Waals surface area (Å²) in [4.78, 5) is 11.1. The number of hydrogen-bond donors (Lipinski definition) is 2. The minimum absolute atomic E-state index is 0.481. The van der Waals surface area contributed by atoms with Gasteiger partial charge in [-0.05, 0) is 24.6 Å². The van der Waals surface area contributed by atoms with Gasteiger partial charge in [-0.3, -0.25) is 4.79 Å². The lowest BCUT2D eigenvalue weighted by atomic mass is 10.1. The summed E-state index contributed by atoms with van der Waals surface area (Å²) >= 11 is 0. The first-order valence-electron chi connectivity index (χ1n) is 4.99. The lowest BCUT2D eigenvalue weighted by molar-refractivity contribution is -0.154. The average molecular weight is 246 g/mol. The first kappa shape index (κ1) is 13.3. The van der Waals surface area contributed by atoms with Gasteiger partial charge >= 0.3 is 6.18 Å². The number of amides is 1. The molecule has 1 rings (SSSR count). The van der Waals surface area contributed by atoms with Crippen LogP contribution in [-0.4, -0.2) is 12.1 Å². The van der Waals surface area contributed by atoms with E-state index >= 15 is 0 Å². The highest BCUT2D eigenvalue weighted by molar-refractivity contribution is 5.77. The Labute approximate surface area is 96.8 Å². The van der Waals surface area contributed by atoms with Gasteiger partial charge in [0.25, 0.3) is 0 Å². The topological polar surface area (TPSA) is 55.1 Å². The maximum atomic E-state index is 11.9. The minimum Gasteiger partial charge on any atom is -0.399 e. The normalized spacial score (nSPS) is 13.2. The molecule has 0 fully saturated rings. The van der Waals surface area contributed by atoms with Crippen LogP contribution in [0, 0.1) is 0 Å². The lowest BCUT2D eigenvalue weighted by Crippen LogP contribution is -2.30. The van der Waals surface area contributed by atoms with E-state index in [4.69, 9.17) is 5.73 Å². The van der Waals surface area contributed by atoms with E-state index in [-0.39, 0.29) is 0 Å². The number of halogens is 3. The molecule has 0 aliphatic rings. The number of carbonyl (C=O) groups excluding carboxylic acids is 1. The maximum Gasteiger partial charge on any atom is 0.397 e. The number of anilines is 1. The van der Waals surface area contributed by atoms with E-state index in [1.165, 1.54) is 0 Å². The standard InChI is InChI=1S/C11H13F3N2O/c1-7(8-2-4-9(15)5-3-8)16-10(17)6-11(12,13)14/h2-5,7H,6,15H2,1H3,(H,16,17). The molecular formula is C11H13F3N2O. The molecule has 17 heavy (non-hydrogen) atoms. The van der Waals surface area contributed by atoms with Gasteiger partial charge < -0.3 is 11.1 Å². The smallest absolute Gasteiger partial charge is 0.397 e. The van der Waals surface area contributed by atoms with E-state index in [0.29, 0.717) is 11.3 Å². The van der Waals surface area contributed by atoms with Crippen LogP contribution in [0.4, 0.5) is 18.9 Å². The van der Waals surface area contributed by atoms with Crippen LogP contribution in [0.1, 0.15) is 24.9 Å². The Bertz CT molecular complexity index is 387. The summed E-state index contributed by atoms with van der Waals surface area (Å²) < 4.78 is 35.8. The Morgan fingerprint density at radius 2 is 1.88 bits per heavy atom. The van der Waals surface area contributed by atoms with Gasteiger partial charge in [0.1, 0.15) is 6.42 Å². The summed E-state index contributed by atoms with van der Waals surface area (Å²) in [7, 11) is 0. The number of nitrogens with one attached hydrogen (secondary N) is 1. The van der Waals surface area contributed by atoms with Gasteiger partial charge in [-0.25, -0.2) is 0 Å². The van der Waals surface area contributed by atoms with Crippen LogP contribution in [-0.2, 0) is 4.79 Å². The molecule has 0 saturated carbocycles. The molecule has 0 saturated heterocycles. The van der Waals surface area contributed by atoms with Gasteiger partial charge in [-0.2, -0.15) is 13.2 Å². The van der Waals surface area contributed by atoms with Crippen molar-refractivity contribution >= 4 is 11.6 Å². The van der Waals surface area contributed by atoms with Crippen molar-refractivity contribution in [1.29, 1.82) is 0 Å². The van der Waals surface area contributed by atoms with Crippen LogP contribution in [0.2, 0.25) is 0 Å². The molecule has 0 heterocycles. The predicted octanol–water partition coefficient (Wildman–Crippen LogP) is 2.40. The fourth-order valence-electron chi connectivity index (χ4n) is 1.34. The van der Waals surface area contributed by atoms with E-state index in [2.05, 4.69) is 5.32 Å². The molecule has 0 bridgehead atoms. The van der Waals surface area contributed by atoms with Crippen molar-refractivity contribution in [2.45, 2.75) is 25.6 Å². The molecule has 0 aliphatic heterocycles. The van der Waals surface area contributed by atoms with Gasteiger partial charge in [0.2, 0.25) is 5.91 Å². The minimum atomic E-state index is -4.48. The predicted molar refractivity (Wildman–Crippen MR) is 58.1 cm³/mol. The monoisotopic (exact) mass is 246 g/mol. The van der Waals surface area contributed by atoms with E-state index in [1.807, 2.05) is 0 Å². The van der Waals surface area contributed by atoms with E-state index in [9.17, 15) is 18.0 Å². The molecule has 0 spiro atoms. The fraction of sp³-hybridized carbons (Fsp3) is 0.364. The van der Waals surface area contributed by atoms with Crippen molar-refractivity contribution in [1.82, 2.24) is 5.32 Å². The first-order valence-corrected chi connectivity index (χ1v) is 4.99.